The molecule has 0 aliphatic carbocycles. The number of aromatic nitrogens is 5. The minimum absolute atomic E-state index is 0.0550. The predicted octanol–water partition coefficient (Wildman–Crippen LogP) is 2.49. The molecule has 186 valence electrons. The van der Waals surface area contributed by atoms with Gasteiger partial charge in [-0.25, -0.2) is 9.50 Å². The summed E-state index contributed by atoms with van der Waals surface area (Å²) in [5.41, 5.74) is 2.00. The summed E-state index contributed by atoms with van der Waals surface area (Å²) in [6.07, 6.45) is 7.92. The summed E-state index contributed by atoms with van der Waals surface area (Å²) >= 11 is 6.26. The topological polar surface area (TPSA) is 127 Å². The molecule has 1 saturated heterocycles. The van der Waals surface area contributed by atoms with Gasteiger partial charge in [-0.2, -0.15) is 10.2 Å². The van der Waals surface area contributed by atoms with Crippen LogP contribution in [0.25, 0.3) is 16.9 Å². The quantitative estimate of drug-likeness (QED) is 0.392. The zero-order valence-corrected chi connectivity index (χ0v) is 20.2. The van der Waals surface area contributed by atoms with E-state index in [9.17, 15) is 14.7 Å². The van der Waals surface area contributed by atoms with E-state index in [4.69, 9.17) is 16.3 Å². The number of methoxy groups -OCH3 is 1. The SMILES string of the molecule is COc1ccc(Cl)cc1-c1nn(CC(=O)N2CCC[C@@H]2CO)cc1NC(=O)c1cnn2cccnc12. The Labute approximate surface area is 211 Å². The van der Waals surface area contributed by atoms with Gasteiger partial charge in [0, 0.05) is 35.7 Å². The number of nitrogens with one attached hydrogen (secondary N) is 1. The normalized spacial score (nSPS) is 15.4. The summed E-state index contributed by atoms with van der Waals surface area (Å²) in [5.74, 6) is -0.0934. The number of hydrogen-bond acceptors (Lipinski definition) is 7. The molecular weight excluding hydrogens is 486 g/mol. The molecule has 2 amide bonds. The third-order valence-electron chi connectivity index (χ3n) is 6.16. The minimum Gasteiger partial charge on any atom is -0.496 e. The summed E-state index contributed by atoms with van der Waals surface area (Å²) in [7, 11) is 1.53. The molecule has 1 aliphatic rings. The second-order valence-corrected chi connectivity index (χ2v) is 8.84. The van der Waals surface area contributed by atoms with E-state index in [0.29, 0.717) is 39.9 Å². The molecule has 3 aromatic heterocycles. The number of halogens is 1. The largest absolute Gasteiger partial charge is 0.496 e. The fourth-order valence-corrected chi connectivity index (χ4v) is 4.59. The fraction of sp³-hybridized carbons (Fsp3) is 0.292. The van der Waals surface area contributed by atoms with Gasteiger partial charge in [0.2, 0.25) is 5.91 Å². The number of aliphatic hydroxyl groups excluding tert-OH is 1. The predicted molar refractivity (Wildman–Crippen MR) is 132 cm³/mol. The van der Waals surface area contributed by atoms with Crippen molar-refractivity contribution in [2.24, 2.45) is 0 Å². The van der Waals surface area contributed by atoms with E-state index >= 15 is 0 Å². The van der Waals surface area contributed by atoms with Crippen molar-refractivity contribution in [2.45, 2.75) is 25.4 Å². The number of benzene rings is 1. The van der Waals surface area contributed by atoms with E-state index in [1.54, 1.807) is 47.8 Å². The lowest BCUT2D eigenvalue weighted by Gasteiger charge is -2.22. The van der Waals surface area contributed by atoms with E-state index in [0.717, 1.165) is 12.8 Å². The molecule has 0 unspecified atom stereocenters. The van der Waals surface area contributed by atoms with Crippen molar-refractivity contribution in [1.82, 2.24) is 29.3 Å². The first-order valence-electron chi connectivity index (χ1n) is 11.4. The molecule has 36 heavy (non-hydrogen) atoms. The lowest BCUT2D eigenvalue weighted by molar-refractivity contribution is -0.133. The second-order valence-electron chi connectivity index (χ2n) is 8.40. The number of hydrogen-bond donors (Lipinski definition) is 2. The average molecular weight is 510 g/mol. The van der Waals surface area contributed by atoms with Gasteiger partial charge in [0.05, 0.1) is 31.6 Å². The van der Waals surface area contributed by atoms with E-state index in [2.05, 4.69) is 20.5 Å². The van der Waals surface area contributed by atoms with Gasteiger partial charge in [-0.1, -0.05) is 11.6 Å². The van der Waals surface area contributed by atoms with Gasteiger partial charge in [0.15, 0.2) is 5.65 Å². The van der Waals surface area contributed by atoms with Crippen LogP contribution in [0.3, 0.4) is 0 Å². The van der Waals surface area contributed by atoms with Gasteiger partial charge in [-0.3, -0.25) is 14.3 Å². The number of aliphatic hydroxyl groups is 1. The highest BCUT2D eigenvalue weighted by Gasteiger charge is 2.29. The summed E-state index contributed by atoms with van der Waals surface area (Å²) < 4.78 is 8.47. The highest BCUT2D eigenvalue weighted by Crippen LogP contribution is 2.36. The average Bonchev–Trinajstić information content (AvgIpc) is 3.62. The third-order valence-corrected chi connectivity index (χ3v) is 6.39. The van der Waals surface area contributed by atoms with Crippen LogP contribution in [0.5, 0.6) is 5.75 Å². The number of anilines is 1. The zero-order chi connectivity index (χ0) is 25.2. The lowest BCUT2D eigenvalue weighted by atomic mass is 10.1. The number of likely N-dealkylation sites (tertiary alicyclic amines) is 1. The number of carbonyl (C=O) groups is 2. The van der Waals surface area contributed by atoms with Crippen LogP contribution in [0.1, 0.15) is 23.2 Å². The van der Waals surface area contributed by atoms with Crippen LogP contribution in [0.2, 0.25) is 5.02 Å². The van der Waals surface area contributed by atoms with Gasteiger partial charge in [0.1, 0.15) is 23.6 Å². The Balaban J connectivity index is 1.50. The fourth-order valence-electron chi connectivity index (χ4n) is 4.42. The molecule has 0 spiro atoms. The van der Waals surface area contributed by atoms with Crippen LogP contribution >= 0.6 is 11.6 Å². The Hall–Kier alpha value is -3.96. The smallest absolute Gasteiger partial charge is 0.261 e. The Morgan fingerprint density at radius 3 is 3.00 bits per heavy atom. The molecule has 0 radical (unpaired) electrons. The molecule has 4 aromatic rings. The van der Waals surface area contributed by atoms with Gasteiger partial charge in [-0.15, -0.1) is 0 Å². The minimum atomic E-state index is -0.434. The highest BCUT2D eigenvalue weighted by molar-refractivity contribution is 6.31. The number of nitrogens with zero attached hydrogens (tertiary/aromatic N) is 6. The summed E-state index contributed by atoms with van der Waals surface area (Å²) in [4.78, 5) is 32.1. The van der Waals surface area contributed by atoms with Crippen molar-refractivity contribution in [3.8, 4) is 17.0 Å². The zero-order valence-electron chi connectivity index (χ0n) is 19.5. The molecule has 5 rings (SSSR count). The first kappa shape index (κ1) is 23.8. The van der Waals surface area contributed by atoms with Gasteiger partial charge in [0.25, 0.3) is 5.91 Å². The van der Waals surface area contributed by atoms with Gasteiger partial charge >= 0.3 is 0 Å². The summed E-state index contributed by atoms with van der Waals surface area (Å²) in [5, 5.41) is 21.7. The Bertz CT molecular complexity index is 1430. The second kappa shape index (κ2) is 9.96. The molecule has 2 N–H and O–H groups in total. The van der Waals surface area contributed by atoms with Crippen LogP contribution in [0, 0.1) is 0 Å². The van der Waals surface area contributed by atoms with Crippen molar-refractivity contribution in [1.29, 1.82) is 0 Å². The van der Waals surface area contributed by atoms with E-state index in [-0.39, 0.29) is 30.7 Å². The van der Waals surface area contributed by atoms with Crippen LogP contribution in [0.4, 0.5) is 5.69 Å². The van der Waals surface area contributed by atoms with Crippen LogP contribution in [-0.4, -0.2) is 72.5 Å². The third kappa shape index (κ3) is 4.50. The first-order chi connectivity index (χ1) is 17.5. The van der Waals surface area contributed by atoms with Crippen molar-refractivity contribution in [3.05, 3.63) is 59.6 Å². The maximum Gasteiger partial charge on any atom is 0.261 e. The molecule has 1 atom stereocenters. The Kier molecular flexibility index (Phi) is 6.57. The number of carbonyl (C=O) groups excluding carboxylic acids is 2. The van der Waals surface area contributed by atoms with Crippen molar-refractivity contribution in [3.63, 3.8) is 0 Å². The molecule has 12 heteroatoms. The van der Waals surface area contributed by atoms with Crippen molar-refractivity contribution in [2.75, 3.05) is 25.6 Å². The summed E-state index contributed by atoms with van der Waals surface area (Å²) in [6.45, 7) is 0.455. The lowest BCUT2D eigenvalue weighted by Crippen LogP contribution is -2.39. The standard InChI is InChI=1S/C24H24ClN7O4/c1-36-20-6-5-15(25)10-17(20)22-19(28-24(35)18-11-27-32-9-3-7-26-23(18)32)12-30(29-22)13-21(34)31-8-2-4-16(31)14-33/h3,5-7,9-12,16,33H,2,4,8,13-14H2,1H3,(H,28,35)/t16-/m1/s1. The number of rotatable bonds is 7. The van der Waals surface area contributed by atoms with E-state index in [1.807, 2.05) is 0 Å². The highest BCUT2D eigenvalue weighted by atomic mass is 35.5. The molecular formula is C24H24ClN7O4. The van der Waals surface area contributed by atoms with Crippen LogP contribution in [-0.2, 0) is 11.3 Å². The number of fused-ring (bicyclic) bond motifs is 1. The number of amides is 2. The monoisotopic (exact) mass is 509 g/mol. The first-order valence-corrected chi connectivity index (χ1v) is 11.8. The van der Waals surface area contributed by atoms with E-state index in [1.165, 1.54) is 22.5 Å². The molecule has 0 bridgehead atoms. The van der Waals surface area contributed by atoms with Crippen LogP contribution in [0.15, 0.2) is 49.1 Å². The molecule has 0 saturated carbocycles. The maximum atomic E-state index is 13.2. The maximum absolute atomic E-state index is 13.2. The Morgan fingerprint density at radius 1 is 1.33 bits per heavy atom. The number of ether oxygens (including phenoxy) is 1. The molecule has 1 fully saturated rings. The molecule has 4 heterocycles. The Morgan fingerprint density at radius 2 is 2.19 bits per heavy atom. The van der Waals surface area contributed by atoms with Gasteiger partial charge < -0.3 is 20.1 Å². The summed E-state index contributed by atoms with van der Waals surface area (Å²) in [6, 6.07) is 6.61. The van der Waals surface area contributed by atoms with Crippen molar-refractivity contribution >= 4 is 34.7 Å². The van der Waals surface area contributed by atoms with Crippen LogP contribution < -0.4 is 10.1 Å². The molecule has 1 aromatic carbocycles. The van der Waals surface area contributed by atoms with E-state index < -0.39 is 5.91 Å². The van der Waals surface area contributed by atoms with Crippen molar-refractivity contribution < 1.29 is 19.4 Å². The molecule has 1 aliphatic heterocycles. The molecule has 11 nitrogen and oxygen atoms in total. The van der Waals surface area contributed by atoms with Gasteiger partial charge in [-0.05, 0) is 37.1 Å².